The van der Waals surface area contributed by atoms with Gasteiger partial charge < -0.3 is 9.30 Å². The molecule has 7 nitrogen and oxygen atoms in total. The van der Waals surface area contributed by atoms with E-state index in [9.17, 15) is 8.42 Å². The standard InChI is InChI=1S/C16H22N4O3S/c1-19-12-17-18-16(19)10-13-6-8-20(9-7-13)24(21,22)15-5-3-4-14(11-15)23-2/h3-5,11-13H,6-10H2,1-2H3. The maximum Gasteiger partial charge on any atom is 0.243 e. The number of rotatable bonds is 5. The Kier molecular flexibility index (Phi) is 4.86. The zero-order valence-electron chi connectivity index (χ0n) is 13.9. The van der Waals surface area contributed by atoms with Crippen LogP contribution in [0.1, 0.15) is 18.7 Å². The zero-order chi connectivity index (χ0) is 17.2. The summed E-state index contributed by atoms with van der Waals surface area (Å²) in [6.45, 7) is 1.06. The van der Waals surface area contributed by atoms with Gasteiger partial charge in [0.15, 0.2) is 0 Å². The number of sulfonamides is 1. The van der Waals surface area contributed by atoms with Crippen LogP contribution in [0.25, 0.3) is 0 Å². The first-order valence-corrected chi connectivity index (χ1v) is 9.42. The van der Waals surface area contributed by atoms with E-state index in [1.54, 1.807) is 34.9 Å². The number of benzene rings is 1. The number of nitrogens with zero attached hydrogens (tertiary/aromatic N) is 4. The fraction of sp³-hybridized carbons (Fsp3) is 0.500. The fourth-order valence-corrected chi connectivity index (χ4v) is 4.52. The molecule has 1 aliphatic heterocycles. The van der Waals surface area contributed by atoms with E-state index in [0.717, 1.165) is 25.1 Å². The first-order valence-electron chi connectivity index (χ1n) is 7.98. The second-order valence-corrected chi connectivity index (χ2v) is 8.03. The minimum absolute atomic E-state index is 0.286. The summed E-state index contributed by atoms with van der Waals surface area (Å²) in [5.41, 5.74) is 0. The predicted molar refractivity (Wildman–Crippen MR) is 89.2 cm³/mol. The van der Waals surface area contributed by atoms with Crippen LogP contribution in [-0.2, 0) is 23.5 Å². The van der Waals surface area contributed by atoms with Crippen LogP contribution in [-0.4, -0.2) is 47.7 Å². The molecule has 24 heavy (non-hydrogen) atoms. The molecule has 0 atom stereocenters. The Bertz CT molecular complexity index is 795. The van der Waals surface area contributed by atoms with Gasteiger partial charge in [-0.25, -0.2) is 8.42 Å². The molecule has 130 valence electrons. The minimum atomic E-state index is -3.47. The Morgan fingerprint density at radius 1 is 1.29 bits per heavy atom. The lowest BCUT2D eigenvalue weighted by molar-refractivity contribution is 0.269. The molecule has 1 aromatic heterocycles. The van der Waals surface area contributed by atoms with Gasteiger partial charge in [-0.3, -0.25) is 0 Å². The lowest BCUT2D eigenvalue weighted by Gasteiger charge is -2.31. The summed E-state index contributed by atoms with van der Waals surface area (Å²) in [5, 5.41) is 8.00. The van der Waals surface area contributed by atoms with E-state index in [2.05, 4.69) is 10.2 Å². The summed E-state index contributed by atoms with van der Waals surface area (Å²) in [7, 11) is -0.00835. The summed E-state index contributed by atoms with van der Waals surface area (Å²) >= 11 is 0. The van der Waals surface area contributed by atoms with Crippen molar-refractivity contribution < 1.29 is 13.2 Å². The van der Waals surface area contributed by atoms with Gasteiger partial charge in [0, 0.05) is 32.6 Å². The molecule has 0 N–H and O–H groups in total. The number of aryl methyl sites for hydroxylation is 1. The average molecular weight is 350 g/mol. The number of aromatic nitrogens is 3. The Morgan fingerprint density at radius 3 is 2.67 bits per heavy atom. The molecule has 1 fully saturated rings. The SMILES string of the molecule is COc1cccc(S(=O)(=O)N2CCC(Cc3nncn3C)CC2)c1. The molecule has 0 amide bonds. The van der Waals surface area contributed by atoms with E-state index >= 15 is 0 Å². The quantitative estimate of drug-likeness (QED) is 0.816. The van der Waals surface area contributed by atoms with Crippen LogP contribution in [0.4, 0.5) is 0 Å². The summed E-state index contributed by atoms with van der Waals surface area (Å²) in [5.74, 6) is 1.93. The highest BCUT2D eigenvalue weighted by Crippen LogP contribution is 2.27. The molecule has 1 aromatic carbocycles. The van der Waals surface area contributed by atoms with Gasteiger partial charge >= 0.3 is 0 Å². The van der Waals surface area contributed by atoms with Gasteiger partial charge in [-0.05, 0) is 30.9 Å². The van der Waals surface area contributed by atoms with Crippen molar-refractivity contribution >= 4 is 10.0 Å². The van der Waals surface area contributed by atoms with Gasteiger partial charge in [0.25, 0.3) is 0 Å². The monoisotopic (exact) mass is 350 g/mol. The van der Waals surface area contributed by atoms with Crippen LogP contribution in [0.5, 0.6) is 5.75 Å². The molecular formula is C16H22N4O3S. The summed E-state index contributed by atoms with van der Waals surface area (Å²) in [6, 6.07) is 6.63. The fourth-order valence-electron chi connectivity index (χ4n) is 3.01. The van der Waals surface area contributed by atoms with Crippen molar-refractivity contribution in [2.45, 2.75) is 24.2 Å². The summed E-state index contributed by atoms with van der Waals surface area (Å²) < 4.78 is 34.2. The van der Waals surface area contributed by atoms with Gasteiger partial charge in [-0.1, -0.05) is 6.07 Å². The minimum Gasteiger partial charge on any atom is -0.497 e. The predicted octanol–water partition coefficient (Wildman–Crippen LogP) is 1.47. The van der Waals surface area contributed by atoms with Crippen molar-refractivity contribution in [1.29, 1.82) is 0 Å². The Morgan fingerprint density at radius 2 is 2.04 bits per heavy atom. The Labute approximate surface area is 142 Å². The number of piperidine rings is 1. The second kappa shape index (κ2) is 6.90. The third-order valence-corrected chi connectivity index (χ3v) is 6.42. The zero-order valence-corrected chi connectivity index (χ0v) is 14.7. The number of methoxy groups -OCH3 is 1. The highest BCUT2D eigenvalue weighted by molar-refractivity contribution is 7.89. The molecular weight excluding hydrogens is 328 g/mol. The van der Waals surface area contributed by atoms with Gasteiger partial charge in [0.2, 0.25) is 10.0 Å². The average Bonchev–Trinajstić information content (AvgIpc) is 3.00. The molecule has 0 radical (unpaired) electrons. The normalized spacial score (nSPS) is 17.1. The van der Waals surface area contributed by atoms with Crippen molar-refractivity contribution in [2.24, 2.45) is 13.0 Å². The van der Waals surface area contributed by atoms with Gasteiger partial charge in [-0.2, -0.15) is 4.31 Å². The number of hydrogen-bond acceptors (Lipinski definition) is 5. The lowest BCUT2D eigenvalue weighted by atomic mass is 9.94. The molecule has 2 aromatic rings. The topological polar surface area (TPSA) is 77.3 Å². The van der Waals surface area contributed by atoms with E-state index in [4.69, 9.17) is 4.74 Å². The largest absolute Gasteiger partial charge is 0.497 e. The molecule has 0 bridgehead atoms. The number of ether oxygens (including phenoxy) is 1. The van der Waals surface area contributed by atoms with Crippen LogP contribution < -0.4 is 4.74 Å². The maximum atomic E-state index is 12.8. The number of hydrogen-bond donors (Lipinski definition) is 0. The highest BCUT2D eigenvalue weighted by Gasteiger charge is 2.30. The summed E-state index contributed by atoms with van der Waals surface area (Å²) in [4.78, 5) is 0.286. The smallest absolute Gasteiger partial charge is 0.243 e. The van der Waals surface area contributed by atoms with Crippen molar-refractivity contribution in [2.75, 3.05) is 20.2 Å². The first kappa shape index (κ1) is 16.9. The third-order valence-electron chi connectivity index (χ3n) is 4.53. The maximum absolute atomic E-state index is 12.8. The molecule has 3 rings (SSSR count). The van der Waals surface area contributed by atoms with E-state index < -0.39 is 10.0 Å². The molecule has 0 unspecified atom stereocenters. The van der Waals surface area contributed by atoms with E-state index in [1.807, 2.05) is 11.6 Å². The molecule has 8 heteroatoms. The van der Waals surface area contributed by atoms with E-state index in [1.165, 1.54) is 7.11 Å². The van der Waals surface area contributed by atoms with Crippen molar-refractivity contribution in [3.8, 4) is 5.75 Å². The van der Waals surface area contributed by atoms with Gasteiger partial charge in [-0.15, -0.1) is 10.2 Å². The van der Waals surface area contributed by atoms with Crippen LogP contribution in [0.15, 0.2) is 35.5 Å². The lowest BCUT2D eigenvalue weighted by Crippen LogP contribution is -2.39. The van der Waals surface area contributed by atoms with E-state index in [0.29, 0.717) is 24.8 Å². The van der Waals surface area contributed by atoms with Crippen molar-refractivity contribution in [3.63, 3.8) is 0 Å². The molecule has 0 spiro atoms. The molecule has 1 aliphatic rings. The van der Waals surface area contributed by atoms with E-state index in [-0.39, 0.29) is 4.90 Å². The second-order valence-electron chi connectivity index (χ2n) is 6.09. The van der Waals surface area contributed by atoms with Gasteiger partial charge in [0.1, 0.15) is 17.9 Å². The molecule has 1 saturated heterocycles. The van der Waals surface area contributed by atoms with Crippen molar-refractivity contribution in [3.05, 3.63) is 36.4 Å². The van der Waals surface area contributed by atoms with Crippen LogP contribution >= 0.6 is 0 Å². The van der Waals surface area contributed by atoms with Crippen LogP contribution in [0, 0.1) is 5.92 Å². The summed E-state index contributed by atoms with van der Waals surface area (Å²) in [6.07, 6.45) is 4.19. The van der Waals surface area contributed by atoms with Gasteiger partial charge in [0.05, 0.1) is 12.0 Å². The van der Waals surface area contributed by atoms with Crippen molar-refractivity contribution in [1.82, 2.24) is 19.1 Å². The Hall–Kier alpha value is -1.93. The first-order chi connectivity index (χ1) is 11.5. The van der Waals surface area contributed by atoms with Crippen LogP contribution in [0.2, 0.25) is 0 Å². The molecule has 0 saturated carbocycles. The Balaban J connectivity index is 1.66. The van der Waals surface area contributed by atoms with Crippen LogP contribution in [0.3, 0.4) is 0 Å². The molecule has 2 heterocycles. The third kappa shape index (κ3) is 3.44. The highest BCUT2D eigenvalue weighted by atomic mass is 32.2. The molecule has 0 aliphatic carbocycles.